The summed E-state index contributed by atoms with van der Waals surface area (Å²) in [5.74, 6) is 0. The summed E-state index contributed by atoms with van der Waals surface area (Å²) in [5.41, 5.74) is 6.15. The molecule has 1 aliphatic carbocycles. The number of nitrogens with two attached hydrogens (primary N) is 1. The van der Waals surface area contributed by atoms with Crippen molar-refractivity contribution in [2.45, 2.75) is 25.7 Å². The maximum Gasteiger partial charge on any atom is 0.202 e. The van der Waals surface area contributed by atoms with Crippen LogP contribution in [0.15, 0.2) is 6.33 Å². The quantitative estimate of drug-likeness (QED) is 0.793. The highest BCUT2D eigenvalue weighted by Gasteiger charge is 2.32. The Bertz CT molecular complexity index is 266. The summed E-state index contributed by atoms with van der Waals surface area (Å²) in [6.45, 7) is 1.72. The first-order valence-corrected chi connectivity index (χ1v) is 5.83. The number of nitrogens with one attached hydrogen (secondary N) is 1. The van der Waals surface area contributed by atoms with Gasteiger partial charge in [-0.2, -0.15) is 4.37 Å². The van der Waals surface area contributed by atoms with Gasteiger partial charge >= 0.3 is 0 Å². The summed E-state index contributed by atoms with van der Waals surface area (Å²) in [6.07, 6.45) is 6.70. The van der Waals surface area contributed by atoms with E-state index in [1.165, 1.54) is 37.2 Å². The van der Waals surface area contributed by atoms with Crippen molar-refractivity contribution in [3.63, 3.8) is 0 Å². The molecule has 1 saturated carbocycles. The van der Waals surface area contributed by atoms with E-state index in [-0.39, 0.29) is 0 Å². The molecule has 3 N–H and O–H groups in total. The fourth-order valence-corrected chi connectivity index (χ4v) is 2.52. The van der Waals surface area contributed by atoms with Crippen LogP contribution < -0.4 is 11.1 Å². The van der Waals surface area contributed by atoms with E-state index in [4.69, 9.17) is 5.73 Å². The lowest BCUT2D eigenvalue weighted by atomic mass is 9.86. The van der Waals surface area contributed by atoms with Crippen molar-refractivity contribution in [3.8, 4) is 0 Å². The number of hydrogen-bond donors (Lipinski definition) is 2. The van der Waals surface area contributed by atoms with E-state index in [2.05, 4.69) is 14.7 Å². The van der Waals surface area contributed by atoms with Gasteiger partial charge in [-0.25, -0.2) is 4.98 Å². The molecule has 14 heavy (non-hydrogen) atoms. The highest BCUT2D eigenvalue weighted by molar-refractivity contribution is 7.09. The maximum atomic E-state index is 5.84. The predicted octanol–water partition coefficient (Wildman–Crippen LogP) is 1.47. The van der Waals surface area contributed by atoms with Crippen molar-refractivity contribution in [3.05, 3.63) is 6.33 Å². The van der Waals surface area contributed by atoms with Crippen LogP contribution in [0.3, 0.4) is 0 Å². The standard InChI is InChI=1S/C9H16N4S/c10-5-9(3-1-2-4-9)6-11-8-12-7-13-14-8/h7H,1-6,10H2,(H,11,12,13). The van der Waals surface area contributed by atoms with Gasteiger partial charge in [0, 0.05) is 18.1 Å². The van der Waals surface area contributed by atoms with Crippen molar-refractivity contribution in [2.75, 3.05) is 18.4 Å². The van der Waals surface area contributed by atoms with E-state index in [9.17, 15) is 0 Å². The minimum atomic E-state index is 0.311. The molecule has 1 aromatic rings. The van der Waals surface area contributed by atoms with E-state index >= 15 is 0 Å². The van der Waals surface area contributed by atoms with Crippen LogP contribution in [0.1, 0.15) is 25.7 Å². The van der Waals surface area contributed by atoms with Crippen LogP contribution in [0, 0.1) is 5.41 Å². The van der Waals surface area contributed by atoms with E-state index in [1.54, 1.807) is 6.33 Å². The van der Waals surface area contributed by atoms with Gasteiger partial charge in [0.05, 0.1) is 0 Å². The zero-order chi connectivity index (χ0) is 9.86. The minimum absolute atomic E-state index is 0.311. The molecule has 5 heteroatoms. The molecule has 4 nitrogen and oxygen atoms in total. The second-order valence-electron chi connectivity index (χ2n) is 4.01. The molecule has 0 saturated heterocycles. The third-order valence-corrected chi connectivity index (χ3v) is 3.70. The monoisotopic (exact) mass is 212 g/mol. The summed E-state index contributed by atoms with van der Waals surface area (Å²) < 4.78 is 3.95. The molecule has 0 radical (unpaired) electrons. The molecule has 0 atom stereocenters. The van der Waals surface area contributed by atoms with Crippen LogP contribution >= 0.6 is 11.5 Å². The molecule has 1 aromatic heterocycles. The second-order valence-corrected chi connectivity index (χ2v) is 4.79. The third-order valence-electron chi connectivity index (χ3n) is 3.07. The van der Waals surface area contributed by atoms with E-state index in [0.29, 0.717) is 5.41 Å². The SMILES string of the molecule is NCC1(CNc2ncns2)CCCC1. The average molecular weight is 212 g/mol. The highest BCUT2D eigenvalue weighted by atomic mass is 32.1. The van der Waals surface area contributed by atoms with Crippen LogP contribution in [-0.2, 0) is 0 Å². The Balaban J connectivity index is 1.89. The lowest BCUT2D eigenvalue weighted by Gasteiger charge is -2.26. The Labute approximate surface area is 88.1 Å². The Kier molecular flexibility index (Phi) is 2.98. The zero-order valence-electron chi connectivity index (χ0n) is 8.20. The number of hydrogen-bond acceptors (Lipinski definition) is 5. The predicted molar refractivity (Wildman–Crippen MR) is 58.4 cm³/mol. The summed E-state index contributed by atoms with van der Waals surface area (Å²) >= 11 is 1.40. The molecular formula is C9H16N4S. The normalized spacial score (nSPS) is 19.8. The summed E-state index contributed by atoms with van der Waals surface area (Å²) in [5, 5.41) is 4.23. The molecule has 0 amide bonds. The van der Waals surface area contributed by atoms with Crippen molar-refractivity contribution >= 4 is 16.7 Å². The largest absolute Gasteiger partial charge is 0.360 e. The van der Waals surface area contributed by atoms with Gasteiger partial charge in [0.25, 0.3) is 0 Å². The van der Waals surface area contributed by atoms with Crippen molar-refractivity contribution in [2.24, 2.45) is 11.1 Å². The lowest BCUT2D eigenvalue weighted by Crippen LogP contribution is -2.34. The molecule has 0 bridgehead atoms. The Morgan fingerprint density at radius 2 is 2.29 bits per heavy atom. The fraction of sp³-hybridized carbons (Fsp3) is 0.778. The summed E-state index contributed by atoms with van der Waals surface area (Å²) in [4.78, 5) is 4.10. The van der Waals surface area contributed by atoms with Crippen LogP contribution in [-0.4, -0.2) is 22.4 Å². The molecule has 0 spiro atoms. The van der Waals surface area contributed by atoms with Gasteiger partial charge in [-0.1, -0.05) is 12.8 Å². The summed E-state index contributed by atoms with van der Waals surface area (Å²) in [6, 6.07) is 0. The first-order chi connectivity index (χ1) is 6.85. The van der Waals surface area contributed by atoms with E-state index in [0.717, 1.165) is 18.2 Å². The maximum absolute atomic E-state index is 5.84. The molecule has 0 unspecified atom stereocenters. The van der Waals surface area contributed by atoms with Crippen LogP contribution in [0.2, 0.25) is 0 Å². The average Bonchev–Trinajstić information content (AvgIpc) is 2.87. The van der Waals surface area contributed by atoms with Crippen molar-refractivity contribution in [1.82, 2.24) is 9.36 Å². The fourth-order valence-electron chi connectivity index (χ4n) is 2.09. The molecule has 1 aliphatic rings. The van der Waals surface area contributed by atoms with Crippen LogP contribution in [0.4, 0.5) is 5.13 Å². The van der Waals surface area contributed by atoms with Gasteiger partial charge in [-0.15, -0.1) is 0 Å². The Hall–Kier alpha value is -0.680. The molecule has 2 rings (SSSR count). The Morgan fingerprint density at radius 3 is 2.86 bits per heavy atom. The van der Waals surface area contributed by atoms with Crippen molar-refractivity contribution < 1.29 is 0 Å². The van der Waals surface area contributed by atoms with Gasteiger partial charge in [0.2, 0.25) is 5.13 Å². The minimum Gasteiger partial charge on any atom is -0.360 e. The molecule has 1 fully saturated rings. The second kappa shape index (κ2) is 4.23. The van der Waals surface area contributed by atoms with Gasteiger partial charge in [-0.05, 0) is 24.8 Å². The van der Waals surface area contributed by atoms with E-state index in [1.807, 2.05) is 0 Å². The first kappa shape index (κ1) is 9.86. The molecule has 0 aromatic carbocycles. The number of nitrogens with zero attached hydrogens (tertiary/aromatic N) is 2. The molecule has 1 heterocycles. The Morgan fingerprint density at radius 1 is 1.50 bits per heavy atom. The first-order valence-electron chi connectivity index (χ1n) is 5.05. The van der Waals surface area contributed by atoms with Crippen molar-refractivity contribution in [1.29, 1.82) is 0 Å². The van der Waals surface area contributed by atoms with Gasteiger partial charge in [-0.3, -0.25) is 0 Å². The molecular weight excluding hydrogens is 196 g/mol. The number of rotatable bonds is 4. The van der Waals surface area contributed by atoms with Gasteiger partial charge in [0.15, 0.2) is 0 Å². The number of anilines is 1. The zero-order valence-corrected chi connectivity index (χ0v) is 9.02. The molecule has 78 valence electrons. The smallest absolute Gasteiger partial charge is 0.202 e. The van der Waals surface area contributed by atoms with Gasteiger partial charge in [0.1, 0.15) is 6.33 Å². The van der Waals surface area contributed by atoms with Gasteiger partial charge < -0.3 is 11.1 Å². The molecule has 0 aliphatic heterocycles. The topological polar surface area (TPSA) is 63.8 Å². The van der Waals surface area contributed by atoms with Crippen LogP contribution in [0.5, 0.6) is 0 Å². The third kappa shape index (κ3) is 2.04. The van der Waals surface area contributed by atoms with Crippen LogP contribution in [0.25, 0.3) is 0 Å². The number of aromatic nitrogens is 2. The lowest BCUT2D eigenvalue weighted by molar-refractivity contribution is 0.332. The van der Waals surface area contributed by atoms with E-state index < -0.39 is 0 Å². The summed E-state index contributed by atoms with van der Waals surface area (Å²) in [7, 11) is 0. The highest BCUT2D eigenvalue weighted by Crippen LogP contribution is 2.37.